The molecule has 2 aliphatic rings. The van der Waals surface area contributed by atoms with Gasteiger partial charge in [0, 0.05) is 19.1 Å². The van der Waals surface area contributed by atoms with Crippen molar-refractivity contribution in [3.63, 3.8) is 0 Å². The first-order valence-corrected chi connectivity index (χ1v) is 6.62. The summed E-state index contributed by atoms with van der Waals surface area (Å²) in [7, 11) is 1.98. The minimum absolute atomic E-state index is 0.416. The molecule has 0 aliphatic carbocycles. The van der Waals surface area contributed by atoms with Crippen LogP contribution in [0.1, 0.15) is 26.2 Å². The normalized spacial score (nSPS) is 28.3. The second-order valence-corrected chi connectivity index (χ2v) is 5.14. The van der Waals surface area contributed by atoms with Crippen molar-refractivity contribution in [1.82, 2.24) is 15.5 Å². The van der Waals surface area contributed by atoms with E-state index in [0.717, 1.165) is 38.2 Å². The highest BCUT2D eigenvalue weighted by molar-refractivity contribution is 5.81. The Hall–Kier alpha value is -1.27. The first-order valence-electron chi connectivity index (χ1n) is 6.62. The van der Waals surface area contributed by atoms with Crippen LogP contribution in [0.4, 0.5) is 0 Å². The van der Waals surface area contributed by atoms with Crippen LogP contribution in [-0.4, -0.2) is 42.7 Å². The lowest BCUT2D eigenvalue weighted by Gasteiger charge is -2.44. The first-order chi connectivity index (χ1) is 8.56. The fourth-order valence-corrected chi connectivity index (χ4v) is 2.30. The van der Waals surface area contributed by atoms with Gasteiger partial charge in [0.05, 0.1) is 0 Å². The molecule has 0 radical (unpaired) electrons. The maximum absolute atomic E-state index is 6.28. The minimum Gasteiger partial charge on any atom is -0.370 e. The quantitative estimate of drug-likeness (QED) is 0.529. The number of nitrogens with zero attached hydrogens (tertiary/aromatic N) is 2. The van der Waals surface area contributed by atoms with E-state index in [2.05, 4.69) is 27.4 Å². The molecule has 0 saturated carbocycles. The van der Waals surface area contributed by atoms with E-state index < -0.39 is 5.66 Å². The molecule has 0 spiro atoms. The van der Waals surface area contributed by atoms with Gasteiger partial charge >= 0.3 is 0 Å². The first kappa shape index (κ1) is 13.2. The van der Waals surface area contributed by atoms with E-state index in [4.69, 9.17) is 11.5 Å². The summed E-state index contributed by atoms with van der Waals surface area (Å²) >= 11 is 0. The molecule has 6 heteroatoms. The van der Waals surface area contributed by atoms with Crippen LogP contribution in [0, 0.1) is 0 Å². The third kappa shape index (κ3) is 2.76. The van der Waals surface area contributed by atoms with E-state index in [0.29, 0.717) is 12.0 Å². The second kappa shape index (κ2) is 5.16. The third-order valence-corrected chi connectivity index (χ3v) is 3.53. The second-order valence-electron chi connectivity index (χ2n) is 5.14. The molecule has 1 fully saturated rings. The number of hydrogen-bond acceptors (Lipinski definition) is 6. The Labute approximate surface area is 108 Å². The van der Waals surface area contributed by atoms with Crippen LogP contribution in [0.2, 0.25) is 0 Å². The molecule has 2 rings (SSSR count). The van der Waals surface area contributed by atoms with Gasteiger partial charge in [0.15, 0.2) is 5.96 Å². The average molecular weight is 252 g/mol. The maximum Gasteiger partial charge on any atom is 0.196 e. The van der Waals surface area contributed by atoms with Crippen LogP contribution in [0.25, 0.3) is 0 Å². The number of nitrogens with two attached hydrogens (primary N) is 2. The topological polar surface area (TPSA) is 91.7 Å². The summed E-state index contributed by atoms with van der Waals surface area (Å²) in [6.45, 7) is 4.11. The molecule has 2 aliphatic heterocycles. The molecular weight excluding hydrogens is 228 g/mol. The molecule has 0 aromatic rings. The maximum atomic E-state index is 6.28. The molecule has 18 heavy (non-hydrogen) atoms. The summed E-state index contributed by atoms with van der Waals surface area (Å²) in [5, 5.41) is 6.35. The molecule has 1 saturated heterocycles. The van der Waals surface area contributed by atoms with Crippen LogP contribution in [0.15, 0.2) is 16.9 Å². The number of likely N-dealkylation sites (N-methyl/N-ethyl adjacent to an activating group) is 1. The SMILES string of the molecule is CCCCC1(N)C=C(N2CC(NC)C2)NC(N)=N1. The van der Waals surface area contributed by atoms with Gasteiger partial charge in [-0.15, -0.1) is 0 Å². The zero-order valence-corrected chi connectivity index (χ0v) is 11.2. The van der Waals surface area contributed by atoms with Crippen LogP contribution >= 0.6 is 0 Å². The standard InChI is InChI=1S/C12H24N6/c1-3-4-5-12(14)6-10(16-11(13)17-12)18-7-9(8-18)15-2/h6,9,15H,3-5,7-8,14H2,1-2H3,(H3,13,16,17). The van der Waals surface area contributed by atoms with Gasteiger partial charge in [0.2, 0.25) is 0 Å². The molecule has 0 amide bonds. The van der Waals surface area contributed by atoms with Gasteiger partial charge in [-0.1, -0.05) is 13.3 Å². The molecule has 1 unspecified atom stereocenters. The summed E-state index contributed by atoms with van der Waals surface area (Å²) in [4.78, 5) is 6.56. The van der Waals surface area contributed by atoms with Crippen molar-refractivity contribution < 1.29 is 0 Å². The van der Waals surface area contributed by atoms with E-state index in [1.807, 2.05) is 13.1 Å². The van der Waals surface area contributed by atoms with Gasteiger partial charge in [-0.3, -0.25) is 0 Å². The number of hydrogen-bond donors (Lipinski definition) is 4. The molecule has 6 nitrogen and oxygen atoms in total. The average Bonchev–Trinajstić information content (AvgIpc) is 2.24. The fourth-order valence-electron chi connectivity index (χ4n) is 2.30. The minimum atomic E-state index is -0.647. The Bertz CT molecular complexity index is 358. The number of aliphatic imine (C=N–C) groups is 1. The molecule has 6 N–H and O–H groups in total. The molecule has 0 aromatic heterocycles. The van der Waals surface area contributed by atoms with Gasteiger partial charge in [-0.25, -0.2) is 4.99 Å². The molecule has 0 aromatic carbocycles. The Kier molecular flexibility index (Phi) is 3.77. The highest BCUT2D eigenvalue weighted by Gasteiger charge is 2.32. The largest absolute Gasteiger partial charge is 0.370 e. The van der Waals surface area contributed by atoms with Gasteiger partial charge < -0.3 is 27.0 Å². The van der Waals surface area contributed by atoms with Crippen LogP contribution in [0.5, 0.6) is 0 Å². The zero-order chi connectivity index (χ0) is 13.2. The van der Waals surface area contributed by atoms with Crippen LogP contribution in [-0.2, 0) is 0 Å². The molecule has 2 heterocycles. The summed E-state index contributed by atoms with van der Waals surface area (Å²) < 4.78 is 0. The van der Waals surface area contributed by atoms with Crippen molar-refractivity contribution in [2.45, 2.75) is 37.9 Å². The van der Waals surface area contributed by atoms with E-state index in [1.165, 1.54) is 0 Å². The van der Waals surface area contributed by atoms with E-state index in [-0.39, 0.29) is 0 Å². The number of unbranched alkanes of at least 4 members (excludes halogenated alkanes) is 1. The van der Waals surface area contributed by atoms with Crippen molar-refractivity contribution in [2.24, 2.45) is 16.5 Å². The van der Waals surface area contributed by atoms with Crippen LogP contribution < -0.4 is 22.1 Å². The zero-order valence-electron chi connectivity index (χ0n) is 11.2. The highest BCUT2D eigenvalue weighted by atomic mass is 15.4. The number of likely N-dealkylation sites (tertiary alicyclic amines) is 1. The van der Waals surface area contributed by atoms with E-state index >= 15 is 0 Å². The summed E-state index contributed by atoms with van der Waals surface area (Å²) in [5.41, 5.74) is 11.5. The summed E-state index contributed by atoms with van der Waals surface area (Å²) in [5.74, 6) is 1.41. The van der Waals surface area contributed by atoms with Gasteiger partial charge in [-0.2, -0.15) is 0 Å². The van der Waals surface area contributed by atoms with Gasteiger partial charge in [0.1, 0.15) is 11.5 Å². The Morgan fingerprint density at radius 3 is 2.94 bits per heavy atom. The van der Waals surface area contributed by atoms with E-state index in [9.17, 15) is 0 Å². The Balaban J connectivity index is 2.03. The van der Waals surface area contributed by atoms with Crippen molar-refractivity contribution in [2.75, 3.05) is 20.1 Å². The summed E-state index contributed by atoms with van der Waals surface area (Å²) in [6.07, 6.45) is 5.00. The van der Waals surface area contributed by atoms with Crippen LogP contribution in [0.3, 0.4) is 0 Å². The molecule has 0 bridgehead atoms. The lowest BCUT2D eigenvalue weighted by Crippen LogP contribution is -2.60. The third-order valence-electron chi connectivity index (χ3n) is 3.53. The van der Waals surface area contributed by atoms with Crippen molar-refractivity contribution >= 4 is 5.96 Å². The number of rotatable bonds is 5. The fraction of sp³-hybridized carbons (Fsp3) is 0.750. The predicted octanol–water partition coefficient (Wildman–Crippen LogP) is -0.505. The van der Waals surface area contributed by atoms with Crippen molar-refractivity contribution in [3.8, 4) is 0 Å². The Morgan fingerprint density at radius 2 is 2.33 bits per heavy atom. The lowest BCUT2D eigenvalue weighted by atomic mass is 10.0. The number of nitrogens with one attached hydrogen (secondary N) is 2. The smallest absolute Gasteiger partial charge is 0.196 e. The van der Waals surface area contributed by atoms with Crippen molar-refractivity contribution in [1.29, 1.82) is 0 Å². The van der Waals surface area contributed by atoms with Crippen molar-refractivity contribution in [3.05, 3.63) is 11.9 Å². The highest BCUT2D eigenvalue weighted by Crippen LogP contribution is 2.23. The lowest BCUT2D eigenvalue weighted by molar-refractivity contribution is 0.167. The molecular formula is C12H24N6. The monoisotopic (exact) mass is 252 g/mol. The molecule has 1 atom stereocenters. The summed E-state index contributed by atoms with van der Waals surface area (Å²) in [6, 6.07) is 0.551. The van der Waals surface area contributed by atoms with Gasteiger partial charge in [-0.05, 0) is 26.0 Å². The molecule has 102 valence electrons. The Morgan fingerprint density at radius 1 is 1.61 bits per heavy atom. The predicted molar refractivity (Wildman–Crippen MR) is 73.7 cm³/mol. The van der Waals surface area contributed by atoms with E-state index in [1.54, 1.807) is 0 Å². The number of guanidine groups is 1. The van der Waals surface area contributed by atoms with Gasteiger partial charge in [0.25, 0.3) is 0 Å².